The Morgan fingerprint density at radius 3 is 2.16 bits per heavy atom. The topological polar surface area (TPSA) is 47.3 Å². The minimum atomic E-state index is -0.218. The Balaban J connectivity index is 1.92. The first-order valence-corrected chi connectivity index (χ1v) is 5.87. The third-order valence-corrected chi connectivity index (χ3v) is 2.97. The fourth-order valence-electron chi connectivity index (χ4n) is 2.05. The van der Waals surface area contributed by atoms with E-state index in [1.54, 1.807) is 54.8 Å². The van der Waals surface area contributed by atoms with Crippen molar-refractivity contribution in [3.05, 3.63) is 77.3 Å². The van der Waals surface area contributed by atoms with Crippen molar-refractivity contribution in [1.82, 2.24) is 0 Å². The van der Waals surface area contributed by atoms with E-state index in [0.29, 0.717) is 16.9 Å². The van der Waals surface area contributed by atoms with Crippen molar-refractivity contribution in [2.75, 3.05) is 0 Å². The number of furan rings is 1. The van der Waals surface area contributed by atoms with Crippen LogP contribution in [-0.2, 0) is 0 Å². The molecule has 3 rings (SSSR count). The number of benzene rings is 1. The summed E-state index contributed by atoms with van der Waals surface area (Å²) < 4.78 is 5.13. The average Bonchev–Trinajstić information content (AvgIpc) is 3.02. The maximum absolute atomic E-state index is 12.1. The molecule has 1 aliphatic rings. The Bertz CT molecular complexity index is 666. The highest BCUT2D eigenvalue weighted by atomic mass is 16.3. The summed E-state index contributed by atoms with van der Waals surface area (Å²) in [5, 5.41) is 0. The molecule has 0 aliphatic heterocycles. The summed E-state index contributed by atoms with van der Waals surface area (Å²) in [4.78, 5) is 24.1. The first-order valence-electron chi connectivity index (χ1n) is 5.87. The van der Waals surface area contributed by atoms with E-state index < -0.39 is 0 Å². The predicted octanol–water partition coefficient (Wildman–Crippen LogP) is 3.30. The highest BCUT2D eigenvalue weighted by Gasteiger charge is 2.31. The number of rotatable bonds is 2. The second-order valence-corrected chi connectivity index (χ2v) is 4.16. The Hall–Kier alpha value is -2.68. The molecule has 1 heterocycles. The molecule has 0 bridgehead atoms. The van der Waals surface area contributed by atoms with Crippen LogP contribution >= 0.6 is 0 Å². The summed E-state index contributed by atoms with van der Waals surface area (Å²) in [6.07, 6.45) is 6.45. The van der Waals surface area contributed by atoms with Crippen LogP contribution in [0.1, 0.15) is 26.5 Å². The summed E-state index contributed by atoms with van der Waals surface area (Å²) in [7, 11) is 0. The van der Waals surface area contributed by atoms with Crippen molar-refractivity contribution >= 4 is 17.6 Å². The molecular formula is C16H10O3. The third-order valence-electron chi connectivity index (χ3n) is 2.97. The molecule has 1 aliphatic carbocycles. The normalized spacial score (nSPS) is 14.2. The predicted molar refractivity (Wildman–Crippen MR) is 70.9 cm³/mol. The largest absolute Gasteiger partial charge is 0.465 e. The van der Waals surface area contributed by atoms with Crippen LogP contribution < -0.4 is 0 Å². The average molecular weight is 250 g/mol. The number of fused-ring (bicyclic) bond motifs is 1. The molecule has 0 amide bonds. The molecule has 0 N–H and O–H groups in total. The molecule has 0 radical (unpaired) electrons. The standard InChI is InChI=1S/C16H10O3/c17-15-12-7-1-2-8-13(12)16(18)14(15)9-3-5-11-6-4-10-19-11/h1-10H/b5-3+. The number of hydrogen-bond donors (Lipinski definition) is 0. The molecule has 19 heavy (non-hydrogen) atoms. The summed E-state index contributed by atoms with van der Waals surface area (Å²) in [5.74, 6) is 0.238. The minimum Gasteiger partial charge on any atom is -0.465 e. The maximum Gasteiger partial charge on any atom is 0.197 e. The molecule has 2 aromatic rings. The summed E-state index contributed by atoms with van der Waals surface area (Å²) in [5.41, 5.74) is 1.15. The Morgan fingerprint density at radius 2 is 1.58 bits per heavy atom. The number of allylic oxidation sites excluding steroid dienone is 3. The van der Waals surface area contributed by atoms with Crippen molar-refractivity contribution in [1.29, 1.82) is 0 Å². The van der Waals surface area contributed by atoms with Gasteiger partial charge in [0.2, 0.25) is 0 Å². The van der Waals surface area contributed by atoms with E-state index in [9.17, 15) is 9.59 Å². The molecule has 1 aromatic heterocycles. The molecule has 0 spiro atoms. The lowest BCUT2D eigenvalue weighted by Crippen LogP contribution is -1.99. The molecular weight excluding hydrogens is 240 g/mol. The first kappa shape index (κ1) is 11.4. The highest BCUT2D eigenvalue weighted by molar-refractivity contribution is 6.39. The van der Waals surface area contributed by atoms with E-state index in [0.717, 1.165) is 0 Å². The SMILES string of the molecule is O=C1C(=C/C=C/c2ccco2)C(=O)c2ccccc21. The maximum atomic E-state index is 12.1. The lowest BCUT2D eigenvalue weighted by molar-refractivity contribution is 0.0989. The van der Waals surface area contributed by atoms with Crippen LogP contribution in [0.5, 0.6) is 0 Å². The van der Waals surface area contributed by atoms with Crippen LogP contribution in [0.3, 0.4) is 0 Å². The number of Topliss-reactive ketones (excluding diaryl/α,β-unsaturated/α-hetero) is 2. The van der Waals surface area contributed by atoms with Crippen LogP contribution in [0.4, 0.5) is 0 Å². The van der Waals surface area contributed by atoms with Gasteiger partial charge in [-0.3, -0.25) is 9.59 Å². The lowest BCUT2D eigenvalue weighted by Gasteiger charge is -1.90. The molecule has 1 aromatic carbocycles. The van der Waals surface area contributed by atoms with Crippen LogP contribution in [-0.4, -0.2) is 11.6 Å². The quantitative estimate of drug-likeness (QED) is 0.607. The van der Waals surface area contributed by atoms with Crippen LogP contribution in [0.25, 0.3) is 6.08 Å². The van der Waals surface area contributed by atoms with Gasteiger partial charge in [0.15, 0.2) is 11.6 Å². The van der Waals surface area contributed by atoms with Crippen molar-refractivity contribution in [2.24, 2.45) is 0 Å². The van der Waals surface area contributed by atoms with Crippen LogP contribution in [0, 0.1) is 0 Å². The monoisotopic (exact) mass is 250 g/mol. The van der Waals surface area contributed by atoms with Crippen LogP contribution in [0.15, 0.2) is 64.8 Å². The Labute approximate surface area is 109 Å². The molecule has 3 nitrogen and oxygen atoms in total. The fraction of sp³-hybridized carbons (Fsp3) is 0. The molecule has 0 saturated carbocycles. The van der Waals surface area contributed by atoms with Gasteiger partial charge in [-0.15, -0.1) is 0 Å². The molecule has 0 fully saturated rings. The molecule has 92 valence electrons. The number of hydrogen-bond acceptors (Lipinski definition) is 3. The van der Waals surface area contributed by atoms with E-state index in [1.165, 1.54) is 6.08 Å². The highest BCUT2D eigenvalue weighted by Crippen LogP contribution is 2.26. The molecule has 0 saturated heterocycles. The van der Waals surface area contributed by atoms with Gasteiger partial charge in [-0.1, -0.05) is 30.3 Å². The second kappa shape index (κ2) is 4.53. The summed E-state index contributed by atoms with van der Waals surface area (Å²) >= 11 is 0. The smallest absolute Gasteiger partial charge is 0.197 e. The second-order valence-electron chi connectivity index (χ2n) is 4.16. The summed E-state index contributed by atoms with van der Waals surface area (Å²) in [6, 6.07) is 10.4. The summed E-state index contributed by atoms with van der Waals surface area (Å²) in [6.45, 7) is 0. The van der Waals surface area contributed by atoms with Crippen molar-refractivity contribution in [3.63, 3.8) is 0 Å². The van der Waals surface area contributed by atoms with Crippen molar-refractivity contribution in [2.45, 2.75) is 0 Å². The molecule has 0 atom stereocenters. The Kier molecular flexibility index (Phi) is 2.72. The van der Waals surface area contributed by atoms with E-state index in [2.05, 4.69) is 0 Å². The lowest BCUT2D eigenvalue weighted by atomic mass is 10.1. The van der Waals surface area contributed by atoms with Gasteiger partial charge in [0, 0.05) is 11.1 Å². The fourth-order valence-corrected chi connectivity index (χ4v) is 2.05. The van der Waals surface area contributed by atoms with E-state index in [1.807, 2.05) is 0 Å². The number of carbonyl (C=O) groups excluding carboxylic acids is 2. The van der Waals surface area contributed by atoms with E-state index in [4.69, 9.17) is 4.42 Å². The first-order chi connectivity index (χ1) is 9.27. The van der Waals surface area contributed by atoms with Gasteiger partial charge < -0.3 is 4.42 Å². The molecule has 3 heteroatoms. The zero-order valence-electron chi connectivity index (χ0n) is 10.00. The van der Waals surface area contributed by atoms with Gasteiger partial charge in [0.25, 0.3) is 0 Å². The van der Waals surface area contributed by atoms with Gasteiger partial charge in [-0.05, 0) is 24.3 Å². The Morgan fingerprint density at radius 1 is 0.895 bits per heavy atom. The van der Waals surface area contributed by atoms with Gasteiger partial charge >= 0.3 is 0 Å². The van der Waals surface area contributed by atoms with Crippen LogP contribution in [0.2, 0.25) is 0 Å². The van der Waals surface area contributed by atoms with Crippen molar-refractivity contribution < 1.29 is 14.0 Å². The number of ketones is 2. The zero-order valence-corrected chi connectivity index (χ0v) is 10.00. The van der Waals surface area contributed by atoms with E-state index in [-0.39, 0.29) is 17.1 Å². The third kappa shape index (κ3) is 1.95. The van der Waals surface area contributed by atoms with E-state index >= 15 is 0 Å². The molecule has 0 unspecified atom stereocenters. The minimum absolute atomic E-state index is 0.198. The van der Waals surface area contributed by atoms with Gasteiger partial charge in [-0.2, -0.15) is 0 Å². The van der Waals surface area contributed by atoms with Crippen molar-refractivity contribution in [3.8, 4) is 0 Å². The number of carbonyl (C=O) groups is 2. The van der Waals surface area contributed by atoms with Gasteiger partial charge in [-0.25, -0.2) is 0 Å². The van der Waals surface area contributed by atoms with Gasteiger partial charge in [0.05, 0.1) is 11.8 Å². The van der Waals surface area contributed by atoms with Gasteiger partial charge in [0.1, 0.15) is 5.76 Å². The zero-order chi connectivity index (χ0) is 13.2.